The first-order valence-corrected chi connectivity index (χ1v) is 24.3. The second kappa shape index (κ2) is 15.0. The summed E-state index contributed by atoms with van der Waals surface area (Å²) in [5.74, 6) is 2.51. The Morgan fingerprint density at radius 1 is 0.354 bits per heavy atom. The topological polar surface area (TPSA) is 23.4 Å². The van der Waals surface area contributed by atoms with Crippen LogP contribution in [0.25, 0.3) is 60.9 Å². The molecular formula is C60H40BNO2Si. The first-order valence-electron chi connectivity index (χ1n) is 22.3. The molecule has 0 fully saturated rings. The molecule has 0 spiro atoms. The molecule has 3 nitrogen and oxygen atoms in total. The lowest BCUT2D eigenvalue weighted by molar-refractivity contribution is 0.479. The van der Waals surface area contributed by atoms with Crippen LogP contribution in [-0.2, 0) is 0 Å². The van der Waals surface area contributed by atoms with Gasteiger partial charge in [0.05, 0.1) is 11.0 Å². The van der Waals surface area contributed by atoms with Crippen LogP contribution in [0.15, 0.2) is 243 Å². The number of hydrogen-bond acceptors (Lipinski definition) is 2. The Kier molecular flexibility index (Phi) is 8.65. The van der Waals surface area contributed by atoms with Crippen molar-refractivity contribution in [3.8, 4) is 56.3 Å². The van der Waals surface area contributed by atoms with Crippen molar-refractivity contribution in [2.45, 2.75) is 0 Å². The van der Waals surface area contributed by atoms with Crippen molar-refractivity contribution in [2.75, 3.05) is 0 Å². The van der Waals surface area contributed by atoms with Crippen molar-refractivity contribution in [1.29, 1.82) is 0 Å². The van der Waals surface area contributed by atoms with Gasteiger partial charge in [-0.3, -0.25) is 0 Å². The molecule has 0 unspecified atom stereocenters. The minimum absolute atomic E-state index is 0.314. The van der Waals surface area contributed by atoms with Crippen LogP contribution in [-0.4, -0.2) is 19.6 Å². The third-order valence-corrected chi connectivity index (χ3v) is 18.4. The molecule has 0 amide bonds. The van der Waals surface area contributed by atoms with Gasteiger partial charge in [0.15, 0.2) is 8.07 Å². The Balaban J connectivity index is 0.962. The molecule has 0 bridgehead atoms. The largest absolute Gasteiger partial charge is 0.551 e. The first-order chi connectivity index (χ1) is 32.2. The Morgan fingerprint density at radius 3 is 1.57 bits per heavy atom. The first kappa shape index (κ1) is 37.4. The third kappa shape index (κ3) is 5.90. The Bertz CT molecular complexity index is 3470. The molecule has 1 aromatic heterocycles. The van der Waals surface area contributed by atoms with Gasteiger partial charge in [0, 0.05) is 32.9 Å². The van der Waals surface area contributed by atoms with Crippen LogP contribution in [0.4, 0.5) is 0 Å². The highest BCUT2D eigenvalue weighted by molar-refractivity contribution is 7.19. The standard InChI is InChI=1S/C60H40BNO2Si/c1-4-21-46(22-5-1)65(47-23-6-2-7-24-47,48-25-8-3-9-26-48)49-27-17-19-42(37-49)43-34-35-52-53-38-44(40-59-60(53)61(64-58(52)39-43)54-30-12-15-33-57(54)63-59)41-18-16-20-45(36-41)62-55-31-13-10-28-50(55)51-29-11-14-32-56(51)62/h1-40H. The predicted octanol–water partition coefficient (Wildman–Crippen LogP) is 10.8. The van der Waals surface area contributed by atoms with E-state index in [0.29, 0.717) is 0 Å². The molecule has 65 heavy (non-hydrogen) atoms. The quantitative estimate of drug-likeness (QED) is 0.118. The maximum absolute atomic E-state index is 7.15. The summed E-state index contributed by atoms with van der Waals surface area (Å²) in [6.45, 7) is -0.314. The van der Waals surface area contributed by atoms with Crippen molar-refractivity contribution in [3.63, 3.8) is 0 Å². The predicted molar refractivity (Wildman–Crippen MR) is 273 cm³/mol. The highest BCUT2D eigenvalue weighted by Crippen LogP contribution is 2.43. The molecule has 11 aromatic rings. The fraction of sp³-hybridized carbons (Fsp3) is 0. The smallest absolute Gasteiger partial charge is 0.434 e. The van der Waals surface area contributed by atoms with E-state index in [4.69, 9.17) is 9.39 Å². The highest BCUT2D eigenvalue weighted by atomic mass is 28.3. The van der Waals surface area contributed by atoms with E-state index < -0.39 is 8.07 Å². The molecule has 304 valence electrons. The molecule has 3 heterocycles. The molecule has 2 aliphatic rings. The summed E-state index contributed by atoms with van der Waals surface area (Å²) in [4.78, 5) is 0. The van der Waals surface area contributed by atoms with E-state index in [9.17, 15) is 0 Å². The molecule has 0 saturated heterocycles. The lowest BCUT2D eigenvalue weighted by atomic mass is 9.50. The fourth-order valence-corrected chi connectivity index (χ4v) is 15.5. The van der Waals surface area contributed by atoms with Gasteiger partial charge in [0.2, 0.25) is 0 Å². The number of fused-ring (bicyclic) bond motifs is 7. The van der Waals surface area contributed by atoms with Gasteiger partial charge in [-0.1, -0.05) is 194 Å². The minimum Gasteiger partial charge on any atom is -0.551 e. The van der Waals surface area contributed by atoms with Crippen molar-refractivity contribution < 1.29 is 9.39 Å². The van der Waals surface area contributed by atoms with E-state index in [1.165, 1.54) is 42.6 Å². The maximum Gasteiger partial charge on any atom is 0.434 e. The zero-order valence-electron chi connectivity index (χ0n) is 35.4. The molecule has 0 radical (unpaired) electrons. The lowest BCUT2D eigenvalue weighted by Crippen LogP contribution is -2.74. The summed E-state index contributed by atoms with van der Waals surface area (Å²) >= 11 is 0. The van der Waals surface area contributed by atoms with Crippen molar-refractivity contribution in [2.24, 2.45) is 0 Å². The average Bonchev–Trinajstić information content (AvgIpc) is 3.72. The van der Waals surface area contributed by atoms with Gasteiger partial charge in [-0.05, 0) is 97.1 Å². The molecule has 0 atom stereocenters. The zero-order chi connectivity index (χ0) is 42.9. The van der Waals surface area contributed by atoms with Gasteiger partial charge in [-0.2, -0.15) is 0 Å². The van der Waals surface area contributed by atoms with Crippen molar-refractivity contribution in [1.82, 2.24) is 4.57 Å². The van der Waals surface area contributed by atoms with Crippen LogP contribution in [0.1, 0.15) is 0 Å². The van der Waals surface area contributed by atoms with E-state index in [-0.39, 0.29) is 6.92 Å². The van der Waals surface area contributed by atoms with E-state index in [0.717, 1.165) is 67.2 Å². The van der Waals surface area contributed by atoms with Gasteiger partial charge >= 0.3 is 6.92 Å². The summed E-state index contributed by atoms with van der Waals surface area (Å²) in [6.07, 6.45) is 0. The molecule has 5 heteroatoms. The lowest BCUT2D eigenvalue weighted by Gasteiger charge is -2.35. The van der Waals surface area contributed by atoms with Crippen LogP contribution >= 0.6 is 0 Å². The maximum atomic E-state index is 7.15. The number of ether oxygens (including phenoxy) is 1. The van der Waals surface area contributed by atoms with E-state index >= 15 is 0 Å². The number of aromatic nitrogens is 1. The van der Waals surface area contributed by atoms with Crippen LogP contribution in [0.2, 0.25) is 0 Å². The zero-order valence-corrected chi connectivity index (χ0v) is 36.4. The molecule has 0 saturated carbocycles. The van der Waals surface area contributed by atoms with Crippen molar-refractivity contribution >= 4 is 68.5 Å². The van der Waals surface area contributed by atoms with E-state index in [2.05, 4.69) is 241 Å². The third-order valence-electron chi connectivity index (χ3n) is 13.6. The molecule has 13 rings (SSSR count). The van der Waals surface area contributed by atoms with E-state index in [1.807, 2.05) is 6.07 Å². The summed E-state index contributed by atoms with van der Waals surface area (Å²) in [7, 11) is -2.73. The minimum atomic E-state index is -2.73. The number of hydrogen-bond donors (Lipinski definition) is 0. The van der Waals surface area contributed by atoms with Gasteiger partial charge in [0.25, 0.3) is 0 Å². The summed E-state index contributed by atoms with van der Waals surface area (Å²) in [5.41, 5.74) is 12.3. The molecule has 0 N–H and O–H groups in total. The summed E-state index contributed by atoms with van der Waals surface area (Å²) < 4.78 is 16.3. The van der Waals surface area contributed by atoms with Crippen molar-refractivity contribution in [3.05, 3.63) is 243 Å². The number of rotatable bonds is 7. The van der Waals surface area contributed by atoms with Gasteiger partial charge in [-0.25, -0.2) is 0 Å². The van der Waals surface area contributed by atoms with Crippen LogP contribution in [0.5, 0.6) is 17.2 Å². The van der Waals surface area contributed by atoms with Crippen LogP contribution < -0.4 is 41.1 Å². The van der Waals surface area contributed by atoms with Gasteiger partial charge < -0.3 is 14.0 Å². The second-order valence-corrected chi connectivity index (χ2v) is 20.9. The molecular weight excluding hydrogens is 806 g/mol. The van der Waals surface area contributed by atoms with E-state index in [1.54, 1.807) is 0 Å². The Morgan fingerprint density at radius 2 is 0.892 bits per heavy atom. The molecule has 0 aliphatic carbocycles. The van der Waals surface area contributed by atoms with Crippen LogP contribution in [0, 0.1) is 0 Å². The summed E-state index contributed by atoms with van der Waals surface area (Å²) in [5, 5.41) is 7.88. The number of benzene rings is 10. The fourth-order valence-electron chi connectivity index (χ4n) is 10.7. The Hall–Kier alpha value is -8.12. The second-order valence-electron chi connectivity index (χ2n) is 17.1. The highest BCUT2D eigenvalue weighted by Gasteiger charge is 2.43. The van der Waals surface area contributed by atoms with Gasteiger partial charge in [0.1, 0.15) is 17.2 Å². The molecule has 10 aromatic carbocycles. The molecule has 2 aliphatic heterocycles. The number of para-hydroxylation sites is 3. The van der Waals surface area contributed by atoms with Crippen LogP contribution in [0.3, 0.4) is 0 Å². The Labute approximate surface area is 379 Å². The normalized spacial score (nSPS) is 12.5. The van der Waals surface area contributed by atoms with Gasteiger partial charge in [-0.15, -0.1) is 0 Å². The average molecular weight is 846 g/mol. The number of nitrogens with zero attached hydrogens (tertiary/aromatic N) is 1. The SMILES string of the molecule is c1ccc([Si](c2ccccc2)(c2ccccc2)c2cccc(-c3ccc4c(c3)OB3c5ccccc5Oc5cc(-c6cccc(-n7c8ccccc8c8ccccc87)c6)cc-4c53)c2)cc1. The monoisotopic (exact) mass is 845 g/mol. The summed E-state index contributed by atoms with van der Waals surface area (Å²) in [6, 6.07) is 88.4.